The molecule has 0 saturated carbocycles. The molecule has 0 amide bonds. The second-order valence-corrected chi connectivity index (χ2v) is 5.12. The summed E-state index contributed by atoms with van der Waals surface area (Å²) in [6.45, 7) is 6.51. The summed E-state index contributed by atoms with van der Waals surface area (Å²) in [5, 5.41) is 0. The van der Waals surface area contributed by atoms with Crippen LogP contribution in [-0.2, 0) is 13.1 Å². The van der Waals surface area contributed by atoms with Crippen LogP contribution in [0.1, 0.15) is 11.3 Å². The molecule has 0 spiro atoms. The Balaban J connectivity index is 1.47. The van der Waals surface area contributed by atoms with E-state index >= 15 is 0 Å². The number of furan rings is 1. The van der Waals surface area contributed by atoms with Crippen molar-refractivity contribution in [2.45, 2.75) is 13.1 Å². The van der Waals surface area contributed by atoms with E-state index in [-0.39, 0.29) is 0 Å². The highest BCUT2D eigenvalue weighted by atomic mass is 16.3. The minimum Gasteiger partial charge on any atom is -0.468 e. The van der Waals surface area contributed by atoms with Crippen molar-refractivity contribution in [3.05, 3.63) is 60.1 Å². The van der Waals surface area contributed by atoms with Gasteiger partial charge in [-0.25, -0.2) is 0 Å². The zero-order chi connectivity index (χ0) is 12.9. The first-order valence-corrected chi connectivity index (χ1v) is 6.91. The van der Waals surface area contributed by atoms with Crippen LogP contribution < -0.4 is 0 Å². The zero-order valence-electron chi connectivity index (χ0n) is 11.2. The van der Waals surface area contributed by atoms with E-state index < -0.39 is 0 Å². The van der Waals surface area contributed by atoms with Gasteiger partial charge in [-0.2, -0.15) is 0 Å². The fourth-order valence-electron chi connectivity index (χ4n) is 2.57. The number of nitrogens with zero attached hydrogens (tertiary/aromatic N) is 2. The number of piperazine rings is 1. The first-order valence-electron chi connectivity index (χ1n) is 6.91. The van der Waals surface area contributed by atoms with Crippen molar-refractivity contribution >= 4 is 0 Å². The molecule has 1 aromatic heterocycles. The fraction of sp³-hybridized carbons (Fsp3) is 0.375. The topological polar surface area (TPSA) is 19.6 Å². The maximum Gasteiger partial charge on any atom is 0.117 e. The average molecular weight is 256 g/mol. The maximum atomic E-state index is 5.40. The van der Waals surface area contributed by atoms with Crippen molar-refractivity contribution in [2.75, 3.05) is 26.2 Å². The van der Waals surface area contributed by atoms with Crippen molar-refractivity contribution in [1.29, 1.82) is 0 Å². The molecule has 0 radical (unpaired) electrons. The molecule has 3 rings (SSSR count). The second kappa shape index (κ2) is 6.04. The van der Waals surface area contributed by atoms with E-state index in [0.717, 1.165) is 45.0 Å². The Morgan fingerprint density at radius 2 is 1.47 bits per heavy atom. The molecule has 0 N–H and O–H groups in total. The Labute approximate surface area is 114 Å². The molecule has 0 bridgehead atoms. The predicted molar refractivity (Wildman–Crippen MR) is 75.7 cm³/mol. The Kier molecular flexibility index (Phi) is 3.96. The summed E-state index contributed by atoms with van der Waals surface area (Å²) in [6.07, 6.45) is 1.75. The third kappa shape index (κ3) is 3.46. The number of benzene rings is 1. The summed E-state index contributed by atoms with van der Waals surface area (Å²) in [7, 11) is 0. The number of rotatable bonds is 4. The van der Waals surface area contributed by atoms with Gasteiger partial charge < -0.3 is 4.42 Å². The van der Waals surface area contributed by atoms with E-state index in [4.69, 9.17) is 4.42 Å². The lowest BCUT2D eigenvalue weighted by molar-refractivity contribution is 0.116. The molecule has 1 saturated heterocycles. The SMILES string of the molecule is c1ccc(CN2CCN(Cc3ccco3)CC2)cc1. The molecule has 1 aliphatic heterocycles. The number of hydrogen-bond acceptors (Lipinski definition) is 3. The van der Waals surface area contributed by atoms with Crippen LogP contribution in [0.3, 0.4) is 0 Å². The van der Waals surface area contributed by atoms with Crippen molar-refractivity contribution in [1.82, 2.24) is 9.80 Å². The van der Waals surface area contributed by atoms with Crippen LogP contribution in [0, 0.1) is 0 Å². The highest BCUT2D eigenvalue weighted by Crippen LogP contribution is 2.11. The lowest BCUT2D eigenvalue weighted by Gasteiger charge is -2.34. The molecule has 3 nitrogen and oxygen atoms in total. The fourth-order valence-corrected chi connectivity index (χ4v) is 2.57. The third-order valence-corrected chi connectivity index (χ3v) is 3.67. The Morgan fingerprint density at radius 3 is 2.11 bits per heavy atom. The van der Waals surface area contributed by atoms with Crippen molar-refractivity contribution in [3.8, 4) is 0 Å². The van der Waals surface area contributed by atoms with E-state index in [1.54, 1.807) is 6.26 Å². The van der Waals surface area contributed by atoms with Gasteiger partial charge in [0, 0.05) is 32.7 Å². The molecular weight excluding hydrogens is 236 g/mol. The van der Waals surface area contributed by atoms with E-state index in [9.17, 15) is 0 Å². The van der Waals surface area contributed by atoms with E-state index in [2.05, 4.69) is 46.2 Å². The summed E-state index contributed by atoms with van der Waals surface area (Å²) in [4.78, 5) is 4.98. The van der Waals surface area contributed by atoms with Gasteiger partial charge in [-0.1, -0.05) is 30.3 Å². The normalized spacial score (nSPS) is 17.7. The van der Waals surface area contributed by atoms with Crippen molar-refractivity contribution in [2.24, 2.45) is 0 Å². The molecule has 19 heavy (non-hydrogen) atoms. The van der Waals surface area contributed by atoms with Crippen LogP contribution in [0.2, 0.25) is 0 Å². The smallest absolute Gasteiger partial charge is 0.117 e. The molecule has 0 unspecified atom stereocenters. The minimum atomic E-state index is 0.937. The Bertz CT molecular complexity index is 473. The summed E-state index contributed by atoms with van der Waals surface area (Å²) in [6, 6.07) is 14.7. The van der Waals surface area contributed by atoms with Crippen LogP contribution in [0.4, 0.5) is 0 Å². The summed E-state index contributed by atoms with van der Waals surface area (Å²) >= 11 is 0. The molecule has 3 heteroatoms. The minimum absolute atomic E-state index is 0.937. The Hall–Kier alpha value is -1.58. The van der Waals surface area contributed by atoms with Gasteiger partial charge in [-0.15, -0.1) is 0 Å². The van der Waals surface area contributed by atoms with Crippen LogP contribution >= 0.6 is 0 Å². The van der Waals surface area contributed by atoms with Crippen LogP contribution in [0.15, 0.2) is 53.1 Å². The molecular formula is C16H20N2O. The lowest BCUT2D eigenvalue weighted by Crippen LogP contribution is -2.45. The van der Waals surface area contributed by atoms with E-state index in [0.29, 0.717) is 0 Å². The van der Waals surface area contributed by atoms with Gasteiger partial charge in [0.1, 0.15) is 5.76 Å². The summed E-state index contributed by atoms with van der Waals surface area (Å²) < 4.78 is 5.40. The second-order valence-electron chi connectivity index (χ2n) is 5.12. The van der Waals surface area contributed by atoms with Gasteiger partial charge in [-0.3, -0.25) is 9.80 Å². The van der Waals surface area contributed by atoms with Gasteiger partial charge in [0.25, 0.3) is 0 Å². The quantitative estimate of drug-likeness (QED) is 0.838. The van der Waals surface area contributed by atoms with E-state index in [1.165, 1.54) is 5.56 Å². The highest BCUT2D eigenvalue weighted by Gasteiger charge is 2.17. The summed E-state index contributed by atoms with van der Waals surface area (Å²) in [5.41, 5.74) is 1.40. The van der Waals surface area contributed by atoms with Crippen LogP contribution in [0.5, 0.6) is 0 Å². The molecule has 1 aliphatic rings. The third-order valence-electron chi connectivity index (χ3n) is 3.67. The summed E-state index contributed by atoms with van der Waals surface area (Å²) in [5.74, 6) is 1.07. The Morgan fingerprint density at radius 1 is 0.789 bits per heavy atom. The maximum absolute atomic E-state index is 5.40. The molecule has 2 aromatic rings. The highest BCUT2D eigenvalue weighted by molar-refractivity contribution is 5.14. The van der Waals surface area contributed by atoms with Crippen molar-refractivity contribution < 1.29 is 4.42 Å². The molecule has 0 aliphatic carbocycles. The van der Waals surface area contributed by atoms with Gasteiger partial charge in [0.2, 0.25) is 0 Å². The van der Waals surface area contributed by atoms with Crippen molar-refractivity contribution in [3.63, 3.8) is 0 Å². The largest absolute Gasteiger partial charge is 0.468 e. The lowest BCUT2D eigenvalue weighted by atomic mass is 10.2. The first kappa shape index (κ1) is 12.5. The van der Waals surface area contributed by atoms with Gasteiger partial charge >= 0.3 is 0 Å². The molecule has 2 heterocycles. The van der Waals surface area contributed by atoms with Gasteiger partial charge in [0.15, 0.2) is 0 Å². The zero-order valence-corrected chi connectivity index (χ0v) is 11.2. The predicted octanol–water partition coefficient (Wildman–Crippen LogP) is 2.60. The molecule has 1 fully saturated rings. The molecule has 0 atom stereocenters. The first-order chi connectivity index (χ1) is 9.40. The van der Waals surface area contributed by atoms with Gasteiger partial charge in [0.05, 0.1) is 12.8 Å². The molecule has 1 aromatic carbocycles. The van der Waals surface area contributed by atoms with Crippen LogP contribution in [0.25, 0.3) is 0 Å². The van der Waals surface area contributed by atoms with E-state index in [1.807, 2.05) is 6.07 Å². The van der Waals surface area contributed by atoms with Gasteiger partial charge in [-0.05, 0) is 17.7 Å². The van der Waals surface area contributed by atoms with Crippen LogP contribution in [-0.4, -0.2) is 36.0 Å². The standard InChI is InChI=1S/C16H20N2O/c1-2-5-15(6-3-1)13-17-8-10-18(11-9-17)14-16-7-4-12-19-16/h1-7,12H,8-11,13-14H2. The number of hydrogen-bond donors (Lipinski definition) is 0. The monoisotopic (exact) mass is 256 g/mol. The molecule has 100 valence electrons. The average Bonchev–Trinajstić information content (AvgIpc) is 2.95.